The van der Waals surface area contributed by atoms with Crippen molar-refractivity contribution in [3.05, 3.63) is 35.9 Å². The van der Waals surface area contributed by atoms with Crippen molar-refractivity contribution >= 4 is 0 Å². The largest absolute Gasteiger partial charge is 0.307 e. The van der Waals surface area contributed by atoms with Crippen molar-refractivity contribution in [1.29, 1.82) is 0 Å². The van der Waals surface area contributed by atoms with E-state index in [-0.39, 0.29) is 0 Å². The minimum Gasteiger partial charge on any atom is -0.307 e. The Morgan fingerprint density at radius 3 is 2.10 bits per heavy atom. The Bertz CT molecular complexity index is 411. The molecule has 0 spiro atoms. The van der Waals surface area contributed by atoms with Gasteiger partial charge in [-0.2, -0.15) is 0 Å². The monoisotopic (exact) mass is 288 g/mol. The molecule has 1 N–H and O–H groups in total. The second-order valence-electron chi connectivity index (χ2n) is 7.73. The Morgan fingerprint density at radius 2 is 1.62 bits per heavy atom. The maximum atomic E-state index is 3.92. The van der Waals surface area contributed by atoms with E-state index in [1.54, 1.807) is 0 Å². The third-order valence-electron chi connectivity index (χ3n) is 4.68. The van der Waals surface area contributed by atoms with Gasteiger partial charge in [0, 0.05) is 30.7 Å². The van der Waals surface area contributed by atoms with E-state index in [0.717, 1.165) is 0 Å². The van der Waals surface area contributed by atoms with Crippen LogP contribution in [-0.2, 0) is 0 Å². The van der Waals surface area contributed by atoms with Crippen LogP contribution < -0.4 is 5.32 Å². The summed E-state index contributed by atoms with van der Waals surface area (Å²) in [6, 6.07) is 12.0. The zero-order chi connectivity index (χ0) is 15.5. The summed E-state index contributed by atoms with van der Waals surface area (Å²) in [5.74, 6) is 0.619. The molecular formula is C19H32N2. The lowest BCUT2D eigenvalue weighted by molar-refractivity contribution is 0.0919. The van der Waals surface area contributed by atoms with Crippen LogP contribution in [0, 0.1) is 5.92 Å². The Balaban J connectivity index is 1.94. The van der Waals surface area contributed by atoms with Crippen LogP contribution in [0.4, 0.5) is 0 Å². The first-order chi connectivity index (χ1) is 9.88. The maximum Gasteiger partial charge on any atom is 0.0345 e. The molecule has 0 bridgehead atoms. The van der Waals surface area contributed by atoms with Gasteiger partial charge in [0.2, 0.25) is 0 Å². The van der Waals surface area contributed by atoms with Gasteiger partial charge in [-0.3, -0.25) is 4.90 Å². The first kappa shape index (κ1) is 16.5. The summed E-state index contributed by atoms with van der Waals surface area (Å²) < 4.78 is 0. The molecule has 1 fully saturated rings. The van der Waals surface area contributed by atoms with Crippen LogP contribution in [0.15, 0.2) is 30.3 Å². The van der Waals surface area contributed by atoms with E-state index in [1.807, 2.05) is 0 Å². The normalized spacial score (nSPS) is 19.9. The smallest absolute Gasteiger partial charge is 0.0345 e. The van der Waals surface area contributed by atoms with Gasteiger partial charge in [-0.05, 0) is 45.1 Å². The molecule has 2 rings (SSSR count). The van der Waals surface area contributed by atoms with E-state index in [9.17, 15) is 0 Å². The van der Waals surface area contributed by atoms with Gasteiger partial charge in [0.05, 0.1) is 0 Å². The molecule has 1 aromatic rings. The molecule has 1 unspecified atom stereocenters. The molecule has 2 nitrogen and oxygen atoms in total. The van der Waals surface area contributed by atoms with Crippen LogP contribution in [-0.4, -0.2) is 29.6 Å². The van der Waals surface area contributed by atoms with Crippen molar-refractivity contribution in [2.75, 3.05) is 13.1 Å². The van der Waals surface area contributed by atoms with E-state index in [4.69, 9.17) is 0 Å². The summed E-state index contributed by atoms with van der Waals surface area (Å²) in [6.07, 6.45) is 2.51. The highest BCUT2D eigenvalue weighted by Gasteiger charge is 2.28. The average molecular weight is 288 g/mol. The molecule has 0 aliphatic carbocycles. The highest BCUT2D eigenvalue weighted by atomic mass is 15.2. The zero-order valence-corrected chi connectivity index (χ0v) is 14.4. The first-order valence-corrected chi connectivity index (χ1v) is 8.44. The van der Waals surface area contributed by atoms with Crippen molar-refractivity contribution < 1.29 is 0 Å². The average Bonchev–Trinajstić information content (AvgIpc) is 2.45. The van der Waals surface area contributed by atoms with Crippen LogP contribution in [0.25, 0.3) is 0 Å². The first-order valence-electron chi connectivity index (χ1n) is 8.44. The lowest BCUT2D eigenvalue weighted by Crippen LogP contribution is -2.50. The summed E-state index contributed by atoms with van der Waals surface area (Å²) in [5, 5.41) is 3.92. The molecule has 1 saturated heterocycles. The fraction of sp³-hybridized carbons (Fsp3) is 0.684. The van der Waals surface area contributed by atoms with Crippen LogP contribution in [0.5, 0.6) is 0 Å². The van der Waals surface area contributed by atoms with E-state index in [1.165, 1.54) is 31.5 Å². The lowest BCUT2D eigenvalue weighted by Gasteiger charge is -2.42. The predicted octanol–water partition coefficient (Wildman–Crippen LogP) is 4.24. The van der Waals surface area contributed by atoms with Crippen molar-refractivity contribution in [3.8, 4) is 0 Å². The highest BCUT2D eigenvalue weighted by Crippen LogP contribution is 2.26. The molecule has 21 heavy (non-hydrogen) atoms. The zero-order valence-electron chi connectivity index (χ0n) is 14.4. The fourth-order valence-electron chi connectivity index (χ4n) is 3.30. The number of hydrogen-bond donors (Lipinski definition) is 1. The second-order valence-corrected chi connectivity index (χ2v) is 7.73. The minimum absolute atomic E-state index is 0.307. The van der Waals surface area contributed by atoms with Crippen LogP contribution >= 0.6 is 0 Å². The molecule has 0 saturated carbocycles. The third kappa shape index (κ3) is 4.55. The van der Waals surface area contributed by atoms with Crippen molar-refractivity contribution in [2.45, 2.75) is 65.1 Å². The predicted molar refractivity (Wildman–Crippen MR) is 91.5 cm³/mol. The molecule has 1 aliphatic heterocycles. The SMILES string of the molecule is CC(C)C(NC1CCN(C(C)(C)C)CC1)c1ccccc1. The van der Waals surface area contributed by atoms with E-state index >= 15 is 0 Å². The summed E-state index contributed by atoms with van der Waals surface area (Å²) in [7, 11) is 0. The Hall–Kier alpha value is -0.860. The lowest BCUT2D eigenvalue weighted by atomic mass is 9.92. The Labute approximate surface area is 130 Å². The van der Waals surface area contributed by atoms with Gasteiger partial charge < -0.3 is 5.32 Å². The number of piperidine rings is 1. The van der Waals surface area contributed by atoms with Gasteiger partial charge in [0.25, 0.3) is 0 Å². The Morgan fingerprint density at radius 1 is 1.05 bits per heavy atom. The van der Waals surface area contributed by atoms with E-state index in [0.29, 0.717) is 23.5 Å². The van der Waals surface area contributed by atoms with Crippen LogP contribution in [0.2, 0.25) is 0 Å². The molecule has 2 heteroatoms. The summed E-state index contributed by atoms with van der Waals surface area (Å²) in [6.45, 7) is 14.0. The molecule has 1 heterocycles. The molecular weight excluding hydrogens is 256 g/mol. The molecule has 118 valence electrons. The topological polar surface area (TPSA) is 15.3 Å². The highest BCUT2D eigenvalue weighted by molar-refractivity contribution is 5.19. The van der Waals surface area contributed by atoms with E-state index < -0.39 is 0 Å². The molecule has 0 amide bonds. The van der Waals surface area contributed by atoms with Crippen LogP contribution in [0.1, 0.15) is 59.1 Å². The van der Waals surface area contributed by atoms with Gasteiger partial charge in [-0.1, -0.05) is 44.2 Å². The fourth-order valence-corrected chi connectivity index (χ4v) is 3.30. The molecule has 1 aromatic carbocycles. The van der Waals surface area contributed by atoms with E-state index in [2.05, 4.69) is 75.2 Å². The third-order valence-corrected chi connectivity index (χ3v) is 4.68. The summed E-state index contributed by atoms with van der Waals surface area (Å²) in [4.78, 5) is 2.61. The number of benzene rings is 1. The summed E-state index contributed by atoms with van der Waals surface area (Å²) >= 11 is 0. The number of nitrogens with one attached hydrogen (secondary N) is 1. The number of nitrogens with zero attached hydrogens (tertiary/aromatic N) is 1. The number of likely N-dealkylation sites (tertiary alicyclic amines) is 1. The molecule has 1 aliphatic rings. The van der Waals surface area contributed by atoms with Gasteiger partial charge in [-0.15, -0.1) is 0 Å². The number of rotatable bonds is 4. The standard InChI is InChI=1S/C19H32N2/c1-15(2)18(16-9-7-6-8-10-16)20-17-11-13-21(14-12-17)19(3,4)5/h6-10,15,17-18,20H,11-14H2,1-5H3. The van der Waals surface area contributed by atoms with Gasteiger partial charge in [-0.25, -0.2) is 0 Å². The van der Waals surface area contributed by atoms with Gasteiger partial charge in [0.15, 0.2) is 0 Å². The quantitative estimate of drug-likeness (QED) is 0.891. The second kappa shape index (κ2) is 6.93. The van der Waals surface area contributed by atoms with Crippen molar-refractivity contribution in [2.24, 2.45) is 5.92 Å². The maximum absolute atomic E-state index is 3.92. The molecule has 1 atom stereocenters. The van der Waals surface area contributed by atoms with Crippen LogP contribution in [0.3, 0.4) is 0 Å². The van der Waals surface area contributed by atoms with Crippen molar-refractivity contribution in [3.63, 3.8) is 0 Å². The van der Waals surface area contributed by atoms with Gasteiger partial charge >= 0.3 is 0 Å². The van der Waals surface area contributed by atoms with Gasteiger partial charge in [0.1, 0.15) is 0 Å². The number of hydrogen-bond acceptors (Lipinski definition) is 2. The minimum atomic E-state index is 0.307. The molecule has 0 radical (unpaired) electrons. The van der Waals surface area contributed by atoms with Crippen molar-refractivity contribution in [1.82, 2.24) is 10.2 Å². The molecule has 0 aromatic heterocycles. The Kier molecular flexibility index (Phi) is 5.45. The summed E-state index contributed by atoms with van der Waals surface area (Å²) in [5.41, 5.74) is 1.73.